The maximum Gasteiger partial charge on any atom is 0.131 e. The molecule has 2 aromatic rings. The molecule has 8 heteroatoms. The van der Waals surface area contributed by atoms with E-state index in [1.54, 1.807) is 4.68 Å². The van der Waals surface area contributed by atoms with Gasteiger partial charge >= 0.3 is 0 Å². The average molecular weight is 434 g/mol. The molecule has 0 unspecified atom stereocenters. The summed E-state index contributed by atoms with van der Waals surface area (Å²) >= 11 is 6.46. The van der Waals surface area contributed by atoms with Crippen LogP contribution in [0.3, 0.4) is 0 Å². The topological polar surface area (TPSA) is 57.0 Å². The van der Waals surface area contributed by atoms with Crippen LogP contribution in [0, 0.1) is 6.92 Å². The first-order chi connectivity index (χ1) is 14.5. The lowest BCUT2D eigenvalue weighted by Crippen LogP contribution is -2.46. The fourth-order valence-electron chi connectivity index (χ4n) is 4.38. The lowest BCUT2D eigenvalue weighted by molar-refractivity contribution is 0.108. The first kappa shape index (κ1) is 21.6. The van der Waals surface area contributed by atoms with Gasteiger partial charge in [-0.05, 0) is 24.6 Å². The van der Waals surface area contributed by atoms with Crippen molar-refractivity contribution in [1.82, 2.24) is 24.5 Å². The van der Waals surface area contributed by atoms with Gasteiger partial charge in [-0.15, -0.1) is 0 Å². The van der Waals surface area contributed by atoms with Gasteiger partial charge in [-0.3, -0.25) is 19.4 Å². The number of ether oxygens (including phenoxy) is 1. The minimum Gasteiger partial charge on any atom is -0.492 e. The van der Waals surface area contributed by atoms with Crippen molar-refractivity contribution in [2.75, 3.05) is 52.5 Å². The van der Waals surface area contributed by atoms with Crippen LogP contribution in [-0.4, -0.2) is 82.1 Å². The number of hydrogen-bond donors (Lipinski definition) is 1. The zero-order chi connectivity index (χ0) is 21.1. The average Bonchev–Trinajstić information content (AvgIpc) is 2.88. The van der Waals surface area contributed by atoms with E-state index in [4.69, 9.17) is 21.4 Å². The molecule has 0 amide bonds. The molecule has 2 aliphatic heterocycles. The van der Waals surface area contributed by atoms with Crippen LogP contribution in [-0.2, 0) is 26.7 Å². The predicted octanol–water partition coefficient (Wildman–Crippen LogP) is 1.89. The summed E-state index contributed by atoms with van der Waals surface area (Å²) in [5.74, 6) is 0.989. The molecule has 7 nitrogen and oxygen atoms in total. The monoisotopic (exact) mass is 433 g/mol. The quantitative estimate of drug-likeness (QED) is 0.750. The van der Waals surface area contributed by atoms with Crippen molar-refractivity contribution in [3.05, 3.63) is 45.7 Å². The number of β-amino-alcohol motifs (C(OH)–C–C–N with tert-alkyl or cyclic N) is 1. The van der Waals surface area contributed by atoms with E-state index in [2.05, 4.69) is 38.0 Å². The highest BCUT2D eigenvalue weighted by Gasteiger charge is 2.21. The molecule has 0 saturated carbocycles. The number of piperazine rings is 1. The normalized spacial score (nSPS) is 18.8. The number of aliphatic hydroxyl groups excluding tert-OH is 1. The Labute approximate surface area is 183 Å². The van der Waals surface area contributed by atoms with Crippen molar-refractivity contribution in [3.63, 3.8) is 0 Å². The van der Waals surface area contributed by atoms with Crippen molar-refractivity contribution in [1.29, 1.82) is 0 Å². The van der Waals surface area contributed by atoms with Gasteiger partial charge in [0.2, 0.25) is 0 Å². The van der Waals surface area contributed by atoms with Crippen molar-refractivity contribution in [2.45, 2.75) is 26.6 Å². The summed E-state index contributed by atoms with van der Waals surface area (Å²) < 4.78 is 7.77. The zero-order valence-corrected chi connectivity index (χ0v) is 18.7. The first-order valence-electron chi connectivity index (χ1n) is 10.7. The Kier molecular flexibility index (Phi) is 6.95. The van der Waals surface area contributed by atoms with Crippen LogP contribution >= 0.6 is 11.6 Å². The SMILES string of the molecule is Cc1nn(C)c(Cl)c1CN1CCOc2ccc(CN3CCN(CCO)CC3)cc2C1. The Morgan fingerprint density at radius 3 is 2.53 bits per heavy atom. The summed E-state index contributed by atoms with van der Waals surface area (Å²) in [4.78, 5) is 7.20. The van der Waals surface area contributed by atoms with E-state index in [1.807, 2.05) is 14.0 Å². The maximum atomic E-state index is 9.12. The molecule has 0 spiro atoms. The number of halogens is 1. The summed E-state index contributed by atoms with van der Waals surface area (Å²) in [6, 6.07) is 6.61. The molecule has 0 atom stereocenters. The maximum absolute atomic E-state index is 9.12. The van der Waals surface area contributed by atoms with Gasteiger partial charge in [-0.25, -0.2) is 0 Å². The Hall–Kier alpha value is -1.64. The molecule has 0 aliphatic carbocycles. The molecule has 1 fully saturated rings. The van der Waals surface area contributed by atoms with Gasteiger partial charge in [0.05, 0.1) is 12.3 Å². The third-order valence-corrected chi connectivity index (χ3v) is 6.60. The number of hydrogen-bond acceptors (Lipinski definition) is 6. The van der Waals surface area contributed by atoms with Gasteiger partial charge in [0.15, 0.2) is 0 Å². The molecule has 0 bridgehead atoms. The van der Waals surface area contributed by atoms with Gasteiger partial charge in [0, 0.05) is 77.1 Å². The van der Waals surface area contributed by atoms with Crippen molar-refractivity contribution in [3.8, 4) is 5.75 Å². The molecule has 30 heavy (non-hydrogen) atoms. The summed E-state index contributed by atoms with van der Waals surface area (Å²) in [6.07, 6.45) is 0. The summed E-state index contributed by atoms with van der Waals surface area (Å²) in [6.45, 7) is 11.3. The Morgan fingerprint density at radius 2 is 1.83 bits per heavy atom. The molecular formula is C22H32ClN5O2. The van der Waals surface area contributed by atoms with Gasteiger partial charge in [-0.2, -0.15) is 5.10 Å². The van der Waals surface area contributed by atoms with Gasteiger partial charge in [0.25, 0.3) is 0 Å². The fourth-order valence-corrected chi connectivity index (χ4v) is 4.62. The van der Waals surface area contributed by atoms with E-state index in [9.17, 15) is 0 Å². The van der Waals surface area contributed by atoms with E-state index < -0.39 is 0 Å². The van der Waals surface area contributed by atoms with E-state index in [-0.39, 0.29) is 6.61 Å². The van der Waals surface area contributed by atoms with E-state index in [0.717, 1.165) is 75.9 Å². The zero-order valence-electron chi connectivity index (χ0n) is 18.0. The molecule has 2 aliphatic rings. The number of aryl methyl sites for hydroxylation is 2. The van der Waals surface area contributed by atoms with Gasteiger partial charge in [0.1, 0.15) is 17.5 Å². The number of aromatic nitrogens is 2. The molecule has 1 N–H and O–H groups in total. The number of benzene rings is 1. The summed E-state index contributed by atoms with van der Waals surface area (Å²) in [7, 11) is 1.88. The van der Waals surface area contributed by atoms with Crippen molar-refractivity contribution < 1.29 is 9.84 Å². The summed E-state index contributed by atoms with van der Waals surface area (Å²) in [5, 5.41) is 14.3. The predicted molar refractivity (Wildman–Crippen MR) is 118 cm³/mol. The summed E-state index contributed by atoms with van der Waals surface area (Å²) in [5.41, 5.74) is 4.65. The molecule has 1 aromatic carbocycles. The van der Waals surface area contributed by atoms with Crippen LogP contribution in [0.25, 0.3) is 0 Å². The Bertz CT molecular complexity index is 863. The van der Waals surface area contributed by atoms with Crippen molar-refractivity contribution in [2.24, 2.45) is 7.05 Å². The largest absolute Gasteiger partial charge is 0.492 e. The standard InChI is InChI=1S/C22H32ClN5O2/c1-17-20(22(23)25(2)24-17)16-28-10-12-30-21-4-3-18(13-19(21)15-28)14-27-7-5-26(6-8-27)9-11-29/h3-4,13,29H,5-12,14-16H2,1-2H3. The van der Waals surface area contributed by atoms with Crippen LogP contribution in [0.2, 0.25) is 5.15 Å². The molecule has 3 heterocycles. The van der Waals surface area contributed by atoms with Crippen LogP contribution in [0.4, 0.5) is 0 Å². The van der Waals surface area contributed by atoms with E-state index in [0.29, 0.717) is 11.8 Å². The highest BCUT2D eigenvalue weighted by Crippen LogP contribution is 2.28. The molecule has 0 radical (unpaired) electrons. The number of aliphatic hydroxyl groups is 1. The number of fused-ring (bicyclic) bond motifs is 1. The van der Waals surface area contributed by atoms with E-state index in [1.165, 1.54) is 11.1 Å². The second kappa shape index (κ2) is 9.66. The third kappa shape index (κ3) is 4.98. The molecule has 4 rings (SSSR count). The van der Waals surface area contributed by atoms with Gasteiger partial charge in [-0.1, -0.05) is 17.7 Å². The van der Waals surface area contributed by atoms with Crippen molar-refractivity contribution >= 4 is 11.6 Å². The fraction of sp³-hybridized carbons (Fsp3) is 0.591. The number of rotatable bonds is 6. The van der Waals surface area contributed by atoms with Crippen LogP contribution in [0.15, 0.2) is 18.2 Å². The minimum atomic E-state index is 0.241. The molecule has 164 valence electrons. The highest BCUT2D eigenvalue weighted by molar-refractivity contribution is 6.30. The number of nitrogens with zero attached hydrogens (tertiary/aromatic N) is 5. The van der Waals surface area contributed by atoms with E-state index >= 15 is 0 Å². The second-order valence-electron chi connectivity index (χ2n) is 8.32. The first-order valence-corrected chi connectivity index (χ1v) is 11.1. The molecule has 1 saturated heterocycles. The van der Waals surface area contributed by atoms with Crippen LogP contribution in [0.1, 0.15) is 22.4 Å². The Morgan fingerprint density at radius 1 is 1.07 bits per heavy atom. The smallest absolute Gasteiger partial charge is 0.131 e. The lowest BCUT2D eigenvalue weighted by Gasteiger charge is -2.34. The lowest BCUT2D eigenvalue weighted by atomic mass is 10.1. The van der Waals surface area contributed by atoms with Crippen LogP contribution < -0.4 is 4.74 Å². The van der Waals surface area contributed by atoms with Gasteiger partial charge < -0.3 is 9.84 Å². The molecule has 1 aromatic heterocycles. The Balaban J connectivity index is 1.42. The van der Waals surface area contributed by atoms with Crippen LogP contribution in [0.5, 0.6) is 5.75 Å². The highest BCUT2D eigenvalue weighted by atomic mass is 35.5. The second-order valence-corrected chi connectivity index (χ2v) is 8.68. The third-order valence-electron chi connectivity index (χ3n) is 6.12. The minimum absolute atomic E-state index is 0.241. The molecular weight excluding hydrogens is 402 g/mol.